The molecular formula is C49H54N8O8. The van der Waals surface area contributed by atoms with Crippen LogP contribution in [0.2, 0.25) is 0 Å². The molecule has 3 aliphatic heterocycles. The quantitative estimate of drug-likeness (QED) is 0.0801. The second-order valence-electron chi connectivity index (χ2n) is 17.5. The predicted molar refractivity (Wildman–Crippen MR) is 243 cm³/mol. The predicted octanol–water partition coefficient (Wildman–Crippen LogP) is 8.03. The average molecular weight is 883 g/mol. The Balaban J connectivity index is 0.979. The number of carbonyl (C=O) groups excluding carboxylic acids is 3. The molecule has 6 aromatic rings. The number of amides is 4. The number of methoxy groups -OCH3 is 2. The Kier molecular flexibility index (Phi) is 11.9. The number of imidazole rings is 2. The number of benzene rings is 4. The monoisotopic (exact) mass is 882 g/mol. The number of nitrogens with one attached hydrogen (secondary N) is 4. The highest BCUT2D eigenvalue weighted by Gasteiger charge is 2.43. The van der Waals surface area contributed by atoms with Crippen LogP contribution in [0.4, 0.5) is 9.59 Å². The summed E-state index contributed by atoms with van der Waals surface area (Å²) in [7, 11) is 2.93. The summed E-state index contributed by atoms with van der Waals surface area (Å²) in [6.45, 7) is 7.17. The first kappa shape index (κ1) is 43.3. The molecule has 4 amide bonds. The van der Waals surface area contributed by atoms with Crippen molar-refractivity contribution >= 4 is 45.8 Å². The third-order valence-electron chi connectivity index (χ3n) is 13.5. The molecule has 9 rings (SSSR count). The minimum atomic E-state index is -1.28. The molecule has 3 aliphatic rings. The molecule has 4 aromatic carbocycles. The summed E-state index contributed by atoms with van der Waals surface area (Å²) >= 11 is 0. The molecule has 0 saturated carbocycles. The number of rotatable bonds is 12. The van der Waals surface area contributed by atoms with Gasteiger partial charge >= 0.3 is 12.2 Å². The third-order valence-corrected chi connectivity index (χ3v) is 13.5. The molecule has 0 aliphatic carbocycles. The fourth-order valence-corrected chi connectivity index (χ4v) is 9.95. The molecular weight excluding hydrogens is 829 g/mol. The van der Waals surface area contributed by atoms with Gasteiger partial charge in [-0.25, -0.2) is 19.6 Å². The maximum absolute atomic E-state index is 14.3. The Bertz CT molecular complexity index is 2770. The largest absolute Gasteiger partial charge is 0.488 e. The van der Waals surface area contributed by atoms with E-state index in [1.807, 2.05) is 56.1 Å². The molecule has 338 valence electrons. The van der Waals surface area contributed by atoms with Gasteiger partial charge < -0.3 is 49.7 Å². The number of ether oxygens (including phenoxy) is 3. The molecule has 5 heterocycles. The molecule has 0 bridgehead atoms. The first-order valence-electron chi connectivity index (χ1n) is 22.2. The van der Waals surface area contributed by atoms with Crippen molar-refractivity contribution < 1.29 is 38.5 Å². The molecule has 16 heteroatoms. The number of hydrogen-bond acceptors (Lipinski definition) is 9. The zero-order valence-corrected chi connectivity index (χ0v) is 37.1. The van der Waals surface area contributed by atoms with E-state index in [0.717, 1.165) is 68.3 Å². The van der Waals surface area contributed by atoms with Gasteiger partial charge in [0, 0.05) is 36.6 Å². The summed E-state index contributed by atoms with van der Waals surface area (Å²) in [5.74, 6) is 1.50. The van der Waals surface area contributed by atoms with E-state index in [-0.39, 0.29) is 35.7 Å². The van der Waals surface area contributed by atoms with Gasteiger partial charge in [0.2, 0.25) is 5.91 Å². The summed E-state index contributed by atoms with van der Waals surface area (Å²) in [4.78, 5) is 72.9. The summed E-state index contributed by atoms with van der Waals surface area (Å²) in [6, 6.07) is 20.8. The highest BCUT2D eigenvalue weighted by Crippen LogP contribution is 2.44. The van der Waals surface area contributed by atoms with Crippen LogP contribution >= 0.6 is 0 Å². The van der Waals surface area contributed by atoms with Crippen LogP contribution in [0.1, 0.15) is 87.4 Å². The minimum absolute atomic E-state index is 0.0271. The van der Waals surface area contributed by atoms with Crippen LogP contribution in [-0.4, -0.2) is 98.3 Å². The molecule has 0 spiro atoms. The number of carboxylic acid groups (broad SMARTS) is 1. The number of nitrogens with zero attached hydrogens (tertiary/aromatic N) is 4. The zero-order valence-electron chi connectivity index (χ0n) is 37.1. The number of H-pyrrole nitrogens is 2. The molecule has 2 saturated heterocycles. The number of likely N-dealkylation sites (tertiary alicyclic amines) is 2. The molecule has 7 atom stereocenters. The topological polar surface area (TPSA) is 204 Å². The molecule has 0 radical (unpaired) electrons. The van der Waals surface area contributed by atoms with Crippen LogP contribution in [0.25, 0.3) is 44.2 Å². The van der Waals surface area contributed by atoms with Crippen LogP contribution in [-0.2, 0) is 25.7 Å². The molecule has 5 N–H and O–H groups in total. The standard InChI is InChI=1S/C49H54N8O8/c1-6-26(2)41(55-49(62)64-5)47(59)57-27(3)12-17-38(57)44-50-22-37(52-44)31-13-15-33-32(19-31)25-65-40-21-34-30(20-35(33)40)14-16-36-43(34)53-45(51-36)39-18-28(24-63-4)23-56(39)46(58)42(54-48(60)61)29-10-8-7-9-11-29/h7-11,13-16,19-22,26-28,38-39,41-42,54H,6,12,17-18,23-25H2,1-5H3,(H,50,52)(H,51,53)(H,55,62)(H,60,61)/t26?,27-,28-,38-,39-,41?,42?/m0/s1. The van der Waals surface area contributed by atoms with Crippen molar-refractivity contribution in [3.63, 3.8) is 0 Å². The highest BCUT2D eigenvalue weighted by molar-refractivity contribution is 6.07. The molecule has 3 unspecified atom stereocenters. The molecule has 2 aromatic heterocycles. The Morgan fingerprint density at radius 2 is 1.75 bits per heavy atom. The minimum Gasteiger partial charge on any atom is -0.488 e. The van der Waals surface area contributed by atoms with Crippen LogP contribution in [0.15, 0.2) is 79.0 Å². The van der Waals surface area contributed by atoms with E-state index in [2.05, 4.69) is 44.9 Å². The van der Waals surface area contributed by atoms with E-state index in [1.54, 1.807) is 36.3 Å². The lowest BCUT2D eigenvalue weighted by Crippen LogP contribution is -2.53. The first-order chi connectivity index (χ1) is 31.5. The first-order valence-corrected chi connectivity index (χ1v) is 22.2. The van der Waals surface area contributed by atoms with E-state index in [9.17, 15) is 24.3 Å². The lowest BCUT2D eigenvalue weighted by Gasteiger charge is -2.33. The SMILES string of the molecule is CCC(C)C(NC(=O)OC)C(=O)N1[C@@H](C)CC[C@H]1c1ncc(-c2ccc3c(c2)COc2cc4c(ccc5nc([C@@H]6C[C@H](COC)CN6C(=O)C(NC(=O)O)c6ccccc6)[nH]c54)cc2-3)[nH]1. The number of aromatic amines is 2. The van der Waals surface area contributed by atoms with Crippen LogP contribution in [0, 0.1) is 11.8 Å². The Morgan fingerprint density at radius 1 is 0.938 bits per heavy atom. The van der Waals surface area contributed by atoms with Gasteiger partial charge in [0.15, 0.2) is 0 Å². The van der Waals surface area contributed by atoms with Gasteiger partial charge in [-0.15, -0.1) is 0 Å². The normalized spacial score (nSPS) is 20.4. The van der Waals surface area contributed by atoms with E-state index in [1.165, 1.54) is 7.11 Å². The Morgan fingerprint density at radius 3 is 2.51 bits per heavy atom. The molecule has 16 nitrogen and oxygen atoms in total. The summed E-state index contributed by atoms with van der Waals surface area (Å²) in [5, 5.41) is 16.8. The van der Waals surface area contributed by atoms with Crippen LogP contribution < -0.4 is 15.4 Å². The number of hydrogen-bond donors (Lipinski definition) is 5. The molecule has 2 fully saturated rings. The maximum Gasteiger partial charge on any atom is 0.407 e. The van der Waals surface area contributed by atoms with Crippen molar-refractivity contribution in [3.05, 3.63) is 102 Å². The number of aromatic nitrogens is 4. The fourth-order valence-electron chi connectivity index (χ4n) is 9.95. The Hall–Kier alpha value is -6.94. The smallest absolute Gasteiger partial charge is 0.407 e. The van der Waals surface area contributed by atoms with Crippen LogP contribution in [0.5, 0.6) is 5.75 Å². The van der Waals surface area contributed by atoms with Crippen molar-refractivity contribution in [2.75, 3.05) is 27.4 Å². The van der Waals surface area contributed by atoms with E-state index < -0.39 is 30.3 Å². The van der Waals surface area contributed by atoms with Crippen molar-refractivity contribution in [1.29, 1.82) is 0 Å². The fraction of sp³-hybridized carbons (Fsp3) is 0.388. The van der Waals surface area contributed by atoms with Crippen molar-refractivity contribution in [3.8, 4) is 28.1 Å². The van der Waals surface area contributed by atoms with Gasteiger partial charge in [0.25, 0.3) is 5.91 Å². The van der Waals surface area contributed by atoms with Crippen LogP contribution in [0.3, 0.4) is 0 Å². The van der Waals surface area contributed by atoms with E-state index in [4.69, 9.17) is 24.2 Å². The molecule has 65 heavy (non-hydrogen) atoms. The van der Waals surface area contributed by atoms with Crippen molar-refractivity contribution in [2.24, 2.45) is 11.8 Å². The zero-order chi connectivity index (χ0) is 45.5. The van der Waals surface area contributed by atoms with Crippen molar-refractivity contribution in [1.82, 2.24) is 40.4 Å². The number of fused-ring (bicyclic) bond motifs is 6. The second-order valence-corrected chi connectivity index (χ2v) is 17.5. The third kappa shape index (κ3) is 8.22. The average Bonchev–Trinajstić information content (AvgIpc) is 4.15. The van der Waals surface area contributed by atoms with E-state index >= 15 is 0 Å². The van der Waals surface area contributed by atoms with Gasteiger partial charge in [0.1, 0.15) is 36.1 Å². The summed E-state index contributed by atoms with van der Waals surface area (Å²) < 4.78 is 16.8. The number of carbonyl (C=O) groups is 4. The van der Waals surface area contributed by atoms with E-state index in [0.29, 0.717) is 49.8 Å². The van der Waals surface area contributed by atoms with Gasteiger partial charge in [-0.1, -0.05) is 68.8 Å². The summed E-state index contributed by atoms with van der Waals surface area (Å²) in [5.41, 5.74) is 6.93. The lowest BCUT2D eigenvalue weighted by molar-refractivity contribution is -0.137. The Labute approximate surface area is 376 Å². The van der Waals surface area contributed by atoms with Gasteiger partial charge in [0.05, 0.1) is 48.7 Å². The van der Waals surface area contributed by atoms with Gasteiger partial charge in [-0.2, -0.15) is 0 Å². The lowest BCUT2D eigenvalue weighted by atomic mass is 9.92. The van der Waals surface area contributed by atoms with Gasteiger partial charge in [-0.3, -0.25) is 9.59 Å². The maximum atomic E-state index is 14.3. The highest BCUT2D eigenvalue weighted by atomic mass is 16.5. The van der Waals surface area contributed by atoms with Gasteiger partial charge in [-0.05, 0) is 84.0 Å². The van der Waals surface area contributed by atoms with Crippen molar-refractivity contribution in [2.45, 2.75) is 83.3 Å². The number of alkyl carbamates (subject to hydrolysis) is 1. The second kappa shape index (κ2) is 17.9. The summed E-state index contributed by atoms with van der Waals surface area (Å²) in [6.07, 6.45) is 2.76.